The Balaban J connectivity index is 2.12. The number of carbonyl (C=O) groups is 1. The van der Waals surface area contributed by atoms with E-state index in [2.05, 4.69) is 10.3 Å². The van der Waals surface area contributed by atoms with Crippen LogP contribution < -0.4 is 5.32 Å². The number of halogens is 1. The number of pyridine rings is 1. The van der Waals surface area contributed by atoms with Gasteiger partial charge < -0.3 is 10.2 Å². The van der Waals surface area contributed by atoms with Gasteiger partial charge in [0.25, 0.3) is 5.91 Å². The Morgan fingerprint density at radius 3 is 2.65 bits per heavy atom. The third-order valence-electron chi connectivity index (χ3n) is 3.06. The van der Waals surface area contributed by atoms with E-state index in [1.807, 2.05) is 6.92 Å². The van der Waals surface area contributed by atoms with Crippen molar-refractivity contribution in [1.29, 1.82) is 0 Å². The fourth-order valence-corrected chi connectivity index (χ4v) is 3.38. The fourth-order valence-electron chi connectivity index (χ4n) is 1.95. The molecule has 1 aliphatic rings. The Bertz CT molecular complexity index is 604. The van der Waals surface area contributed by atoms with Crippen LogP contribution in [0.4, 0.5) is 5.82 Å². The SMILES string of the molecule is CCNc1ncc(C(=O)N2CCS(=O)(=O)CC2)cc1Cl. The first-order valence-electron chi connectivity index (χ1n) is 6.32. The van der Waals surface area contributed by atoms with E-state index in [0.717, 1.165) is 0 Å². The Kier molecular flexibility index (Phi) is 4.49. The van der Waals surface area contributed by atoms with Gasteiger partial charge in [0.1, 0.15) is 5.82 Å². The number of hydrogen-bond donors (Lipinski definition) is 1. The van der Waals surface area contributed by atoms with Crippen molar-refractivity contribution in [2.75, 3.05) is 36.5 Å². The summed E-state index contributed by atoms with van der Waals surface area (Å²) in [5.74, 6) is 0.314. The molecule has 6 nitrogen and oxygen atoms in total. The monoisotopic (exact) mass is 317 g/mol. The molecule has 0 radical (unpaired) electrons. The van der Waals surface area contributed by atoms with Gasteiger partial charge in [0.05, 0.1) is 22.1 Å². The number of carbonyl (C=O) groups excluding carboxylic acids is 1. The van der Waals surface area contributed by atoms with Crippen LogP contribution in [0.25, 0.3) is 0 Å². The maximum absolute atomic E-state index is 12.2. The van der Waals surface area contributed by atoms with Gasteiger partial charge in [-0.2, -0.15) is 0 Å². The van der Waals surface area contributed by atoms with E-state index in [1.165, 1.54) is 11.1 Å². The summed E-state index contributed by atoms with van der Waals surface area (Å²) in [4.78, 5) is 17.9. The minimum atomic E-state index is -3.00. The summed E-state index contributed by atoms with van der Waals surface area (Å²) in [5.41, 5.74) is 0.371. The molecule has 1 aromatic heterocycles. The average Bonchev–Trinajstić information content (AvgIpc) is 2.40. The number of nitrogens with zero attached hydrogens (tertiary/aromatic N) is 2. The molecule has 2 heterocycles. The zero-order valence-corrected chi connectivity index (χ0v) is 12.7. The van der Waals surface area contributed by atoms with Gasteiger partial charge in [0, 0.05) is 25.8 Å². The van der Waals surface area contributed by atoms with Gasteiger partial charge in [-0.15, -0.1) is 0 Å². The van der Waals surface area contributed by atoms with E-state index in [-0.39, 0.29) is 30.5 Å². The van der Waals surface area contributed by atoms with Gasteiger partial charge in [-0.1, -0.05) is 11.6 Å². The number of anilines is 1. The summed E-state index contributed by atoms with van der Waals surface area (Å²) >= 11 is 6.04. The van der Waals surface area contributed by atoms with Gasteiger partial charge in [-0.05, 0) is 13.0 Å². The highest BCUT2D eigenvalue weighted by Gasteiger charge is 2.26. The van der Waals surface area contributed by atoms with E-state index < -0.39 is 9.84 Å². The summed E-state index contributed by atoms with van der Waals surface area (Å²) in [6.45, 7) is 3.04. The normalized spacial score (nSPS) is 17.8. The Hall–Kier alpha value is -1.34. The van der Waals surface area contributed by atoms with Gasteiger partial charge in [0.15, 0.2) is 9.84 Å². The molecule has 1 saturated heterocycles. The second-order valence-electron chi connectivity index (χ2n) is 4.53. The number of hydrogen-bond acceptors (Lipinski definition) is 5. The predicted octanol–water partition coefficient (Wildman–Crippen LogP) is 1.04. The molecule has 1 aliphatic heterocycles. The van der Waals surface area contributed by atoms with Crippen LogP contribution >= 0.6 is 11.6 Å². The lowest BCUT2D eigenvalue weighted by molar-refractivity contribution is 0.0770. The second-order valence-corrected chi connectivity index (χ2v) is 7.24. The van der Waals surface area contributed by atoms with Crippen LogP contribution in [0.2, 0.25) is 5.02 Å². The molecule has 1 N–H and O–H groups in total. The van der Waals surface area contributed by atoms with Crippen LogP contribution in [0.5, 0.6) is 0 Å². The summed E-state index contributed by atoms with van der Waals surface area (Å²) in [5, 5.41) is 3.36. The molecule has 110 valence electrons. The van der Waals surface area contributed by atoms with Crippen LogP contribution in [-0.2, 0) is 9.84 Å². The Morgan fingerprint density at radius 2 is 2.10 bits per heavy atom. The largest absolute Gasteiger partial charge is 0.369 e. The van der Waals surface area contributed by atoms with Crippen molar-refractivity contribution in [2.45, 2.75) is 6.92 Å². The van der Waals surface area contributed by atoms with Crippen LogP contribution in [0.3, 0.4) is 0 Å². The van der Waals surface area contributed by atoms with E-state index in [0.29, 0.717) is 22.9 Å². The van der Waals surface area contributed by atoms with Gasteiger partial charge in [-0.25, -0.2) is 13.4 Å². The molecule has 1 aromatic rings. The number of nitrogens with one attached hydrogen (secondary N) is 1. The third kappa shape index (κ3) is 3.40. The highest BCUT2D eigenvalue weighted by atomic mass is 35.5. The molecule has 1 fully saturated rings. The molecular weight excluding hydrogens is 302 g/mol. The molecule has 0 saturated carbocycles. The second kappa shape index (κ2) is 5.97. The Labute approximate surface area is 123 Å². The molecule has 0 aromatic carbocycles. The number of aromatic nitrogens is 1. The minimum Gasteiger partial charge on any atom is -0.369 e. The molecule has 8 heteroatoms. The van der Waals surface area contributed by atoms with Crippen LogP contribution in [0, 0.1) is 0 Å². The maximum atomic E-state index is 12.2. The van der Waals surface area contributed by atoms with Crippen LogP contribution in [-0.4, -0.2) is 55.3 Å². The van der Waals surface area contributed by atoms with Gasteiger partial charge in [-0.3, -0.25) is 4.79 Å². The number of rotatable bonds is 3. The molecule has 0 aliphatic carbocycles. The average molecular weight is 318 g/mol. The molecule has 0 atom stereocenters. The lowest BCUT2D eigenvalue weighted by Crippen LogP contribution is -2.43. The van der Waals surface area contributed by atoms with Crippen molar-refractivity contribution in [2.24, 2.45) is 0 Å². The smallest absolute Gasteiger partial charge is 0.255 e. The number of sulfone groups is 1. The van der Waals surface area contributed by atoms with E-state index in [9.17, 15) is 13.2 Å². The minimum absolute atomic E-state index is 0.00930. The summed E-state index contributed by atoms with van der Waals surface area (Å²) < 4.78 is 22.7. The molecule has 2 rings (SSSR count). The van der Waals surface area contributed by atoms with E-state index in [4.69, 9.17) is 11.6 Å². The fraction of sp³-hybridized carbons (Fsp3) is 0.500. The maximum Gasteiger partial charge on any atom is 0.255 e. The van der Waals surface area contributed by atoms with Crippen LogP contribution in [0.15, 0.2) is 12.3 Å². The molecule has 0 spiro atoms. The quantitative estimate of drug-likeness (QED) is 0.901. The zero-order valence-electron chi connectivity index (χ0n) is 11.1. The van der Waals surface area contributed by atoms with Crippen molar-refractivity contribution < 1.29 is 13.2 Å². The summed E-state index contributed by atoms with van der Waals surface area (Å²) in [6, 6.07) is 1.55. The third-order valence-corrected chi connectivity index (χ3v) is 4.96. The topological polar surface area (TPSA) is 79.4 Å². The van der Waals surface area contributed by atoms with Gasteiger partial charge in [0.2, 0.25) is 0 Å². The molecule has 0 unspecified atom stereocenters. The van der Waals surface area contributed by atoms with Crippen molar-refractivity contribution in [3.8, 4) is 0 Å². The molecular formula is C12H16ClN3O3S. The van der Waals surface area contributed by atoms with Crippen LogP contribution in [0.1, 0.15) is 17.3 Å². The lowest BCUT2D eigenvalue weighted by atomic mass is 10.2. The van der Waals surface area contributed by atoms with Gasteiger partial charge >= 0.3 is 0 Å². The standard InChI is InChI=1S/C12H16ClN3O3S/c1-2-14-11-10(13)7-9(8-15-11)12(17)16-3-5-20(18,19)6-4-16/h7-8H,2-6H2,1H3,(H,14,15). The molecule has 20 heavy (non-hydrogen) atoms. The number of amides is 1. The highest BCUT2D eigenvalue weighted by Crippen LogP contribution is 2.21. The Morgan fingerprint density at radius 1 is 1.45 bits per heavy atom. The van der Waals surface area contributed by atoms with E-state index in [1.54, 1.807) is 6.07 Å². The summed E-state index contributed by atoms with van der Waals surface area (Å²) in [6.07, 6.45) is 1.45. The first-order chi connectivity index (χ1) is 9.43. The van der Waals surface area contributed by atoms with Crippen molar-refractivity contribution >= 4 is 33.2 Å². The van der Waals surface area contributed by atoms with Crippen molar-refractivity contribution in [3.05, 3.63) is 22.8 Å². The van der Waals surface area contributed by atoms with Crippen molar-refractivity contribution in [3.63, 3.8) is 0 Å². The predicted molar refractivity (Wildman–Crippen MR) is 78.0 cm³/mol. The molecule has 0 bridgehead atoms. The first kappa shape index (κ1) is 15.1. The summed E-state index contributed by atoms with van der Waals surface area (Å²) in [7, 11) is -3.00. The van der Waals surface area contributed by atoms with E-state index >= 15 is 0 Å². The zero-order chi connectivity index (χ0) is 14.8. The highest BCUT2D eigenvalue weighted by molar-refractivity contribution is 7.91. The first-order valence-corrected chi connectivity index (χ1v) is 8.52. The van der Waals surface area contributed by atoms with Crippen molar-refractivity contribution in [1.82, 2.24) is 9.88 Å². The lowest BCUT2D eigenvalue weighted by Gasteiger charge is -2.26. The molecule has 1 amide bonds.